The molecule has 0 spiro atoms. The molecule has 0 fully saturated rings. The van der Waals surface area contributed by atoms with Gasteiger partial charge < -0.3 is 36.3 Å². The highest BCUT2D eigenvalue weighted by atomic mass is 35.5. The number of carbonyl (C=O) groups excluding carboxylic acids is 3. The van der Waals surface area contributed by atoms with Crippen LogP contribution < -0.4 is 36.3 Å². The lowest BCUT2D eigenvalue weighted by atomic mass is 10.0. The summed E-state index contributed by atoms with van der Waals surface area (Å²) >= 11 is 6.12. The molecule has 0 unspecified atom stereocenters. The zero-order chi connectivity index (χ0) is 33.3. The smallest absolute Gasteiger partial charge is 0.328 e. The number of amides is 2. The maximum absolute atomic E-state index is 13.6. The van der Waals surface area contributed by atoms with E-state index in [0.717, 1.165) is 21.5 Å². The first-order chi connectivity index (χ1) is 22.7. The van der Waals surface area contributed by atoms with Gasteiger partial charge in [0.1, 0.15) is 24.1 Å². The molecule has 0 saturated heterocycles. The molecular weight excluding hydrogens is 620 g/mol. The first-order valence-electron chi connectivity index (χ1n) is 15.1. The maximum atomic E-state index is 13.6. The number of halogens is 1. The van der Waals surface area contributed by atoms with Gasteiger partial charge in [-0.25, -0.2) is 4.79 Å². The Hall–Kier alpha value is -5.16. The molecule has 0 radical (unpaired) electrons. The summed E-state index contributed by atoms with van der Waals surface area (Å²) in [5.41, 5.74) is 12.1. The SMILES string of the molecule is C[C@H](N)C(=O)Oc1cc(Cl)ccc1NC(=O)c1cc2ccccc2cc1OCCNC(=O)c1cc2ccccc2cc1OCCCN. The van der Waals surface area contributed by atoms with Crippen LogP contribution in [0.1, 0.15) is 34.1 Å². The molecule has 10 nitrogen and oxygen atoms in total. The lowest BCUT2D eigenvalue weighted by molar-refractivity contribution is -0.135. The number of nitrogens with one attached hydrogen (secondary N) is 2. The van der Waals surface area contributed by atoms with E-state index in [1.807, 2.05) is 54.6 Å². The number of anilines is 1. The molecule has 0 bridgehead atoms. The van der Waals surface area contributed by atoms with Crippen LogP contribution in [0.15, 0.2) is 91.0 Å². The third kappa shape index (κ3) is 8.36. The second-order valence-corrected chi connectivity index (χ2v) is 11.2. The Bertz CT molecular complexity index is 1930. The third-order valence-electron chi connectivity index (χ3n) is 7.21. The molecule has 5 aromatic rings. The average Bonchev–Trinajstić information content (AvgIpc) is 3.07. The van der Waals surface area contributed by atoms with Gasteiger partial charge in [-0.3, -0.25) is 9.59 Å². The lowest BCUT2D eigenvalue weighted by Crippen LogP contribution is -2.31. The molecule has 5 aromatic carbocycles. The van der Waals surface area contributed by atoms with Crippen molar-refractivity contribution in [3.05, 3.63) is 107 Å². The van der Waals surface area contributed by atoms with Crippen LogP contribution in [0.25, 0.3) is 21.5 Å². The molecular formula is C36H35ClN4O6. The molecule has 0 aliphatic heterocycles. The number of fused-ring (bicyclic) bond motifs is 2. The summed E-state index contributed by atoms with van der Waals surface area (Å²) in [5.74, 6) is -0.690. The average molecular weight is 655 g/mol. The summed E-state index contributed by atoms with van der Waals surface area (Å²) < 4.78 is 17.3. The lowest BCUT2D eigenvalue weighted by Gasteiger charge is -2.16. The van der Waals surface area contributed by atoms with Crippen molar-refractivity contribution < 1.29 is 28.6 Å². The summed E-state index contributed by atoms with van der Waals surface area (Å²) in [6, 6.07) is 26.0. The van der Waals surface area contributed by atoms with E-state index < -0.39 is 17.9 Å². The predicted molar refractivity (Wildman–Crippen MR) is 184 cm³/mol. The van der Waals surface area contributed by atoms with Crippen molar-refractivity contribution in [1.82, 2.24) is 5.32 Å². The minimum atomic E-state index is -0.880. The van der Waals surface area contributed by atoms with Crippen LogP contribution in [0.5, 0.6) is 17.2 Å². The summed E-state index contributed by atoms with van der Waals surface area (Å²) in [6.07, 6.45) is 0.654. The van der Waals surface area contributed by atoms with E-state index in [-0.39, 0.29) is 36.1 Å². The Morgan fingerprint density at radius 1 is 0.745 bits per heavy atom. The van der Waals surface area contributed by atoms with E-state index in [2.05, 4.69) is 10.6 Å². The van der Waals surface area contributed by atoms with E-state index in [9.17, 15) is 14.4 Å². The van der Waals surface area contributed by atoms with Crippen molar-refractivity contribution >= 4 is 56.6 Å². The highest BCUT2D eigenvalue weighted by Gasteiger charge is 2.20. The molecule has 0 saturated carbocycles. The maximum Gasteiger partial charge on any atom is 0.328 e. The van der Waals surface area contributed by atoms with Crippen LogP contribution in [-0.4, -0.2) is 50.1 Å². The largest absolute Gasteiger partial charge is 0.493 e. The van der Waals surface area contributed by atoms with Gasteiger partial charge in [0.05, 0.1) is 30.0 Å². The van der Waals surface area contributed by atoms with Crippen molar-refractivity contribution in [2.45, 2.75) is 19.4 Å². The van der Waals surface area contributed by atoms with Gasteiger partial charge in [-0.05, 0) is 77.8 Å². The van der Waals surface area contributed by atoms with Gasteiger partial charge >= 0.3 is 5.97 Å². The molecule has 11 heteroatoms. The molecule has 2 amide bonds. The van der Waals surface area contributed by atoms with Crippen molar-refractivity contribution in [3.8, 4) is 17.2 Å². The minimum Gasteiger partial charge on any atom is -0.493 e. The van der Waals surface area contributed by atoms with Crippen molar-refractivity contribution in [1.29, 1.82) is 0 Å². The quantitative estimate of drug-likeness (QED) is 0.0717. The van der Waals surface area contributed by atoms with Crippen molar-refractivity contribution in [2.24, 2.45) is 11.5 Å². The molecule has 1 atom stereocenters. The van der Waals surface area contributed by atoms with Crippen molar-refractivity contribution in [3.63, 3.8) is 0 Å². The van der Waals surface area contributed by atoms with Crippen molar-refractivity contribution in [2.75, 3.05) is 31.6 Å². The van der Waals surface area contributed by atoms with E-state index in [1.54, 1.807) is 24.3 Å². The summed E-state index contributed by atoms with van der Waals surface area (Å²) in [7, 11) is 0. The van der Waals surface area contributed by atoms with Crippen LogP contribution in [0, 0.1) is 0 Å². The second kappa shape index (κ2) is 15.4. The number of hydrogen-bond acceptors (Lipinski definition) is 8. The summed E-state index contributed by atoms with van der Waals surface area (Å²) in [5, 5.41) is 9.52. The number of rotatable bonds is 13. The van der Waals surface area contributed by atoms with Gasteiger partial charge in [0.15, 0.2) is 5.75 Å². The standard InChI is InChI=1S/C36H35ClN4O6/c1-22(39)36(44)47-33-21-27(37)11-12-30(33)41-35(43)29-18-24-8-3-5-10-26(24)20-32(29)46-16-14-40-34(42)28-17-23-7-2-4-9-25(23)19-31(28)45-15-6-13-38/h2-5,7-12,17-22H,6,13-16,38-39H2,1H3,(H,40,42)(H,41,43)/t22-/m0/s1. The van der Waals surface area contributed by atoms with Gasteiger partial charge in [0, 0.05) is 11.1 Å². The molecule has 0 aliphatic rings. The highest BCUT2D eigenvalue weighted by Crippen LogP contribution is 2.32. The topological polar surface area (TPSA) is 155 Å². The van der Waals surface area contributed by atoms with Gasteiger partial charge in [-0.15, -0.1) is 0 Å². The molecule has 0 aliphatic carbocycles. The fourth-order valence-electron chi connectivity index (χ4n) is 4.79. The van der Waals surface area contributed by atoms with E-state index in [1.165, 1.54) is 19.1 Å². The van der Waals surface area contributed by atoms with Crippen LogP contribution >= 0.6 is 11.6 Å². The Morgan fingerprint density at radius 2 is 1.30 bits per heavy atom. The Labute approximate surface area is 276 Å². The van der Waals surface area contributed by atoms with Crippen LogP contribution in [0.2, 0.25) is 5.02 Å². The molecule has 0 aromatic heterocycles. The minimum absolute atomic E-state index is 0.0548. The van der Waals surface area contributed by atoms with Gasteiger partial charge in [0.25, 0.3) is 11.8 Å². The first-order valence-corrected chi connectivity index (χ1v) is 15.5. The molecule has 6 N–H and O–H groups in total. The van der Waals surface area contributed by atoms with E-state index in [4.69, 9.17) is 37.3 Å². The zero-order valence-electron chi connectivity index (χ0n) is 25.8. The number of carbonyl (C=O) groups is 3. The number of ether oxygens (including phenoxy) is 3. The highest BCUT2D eigenvalue weighted by molar-refractivity contribution is 6.31. The predicted octanol–water partition coefficient (Wildman–Crippen LogP) is 5.69. The monoisotopic (exact) mass is 654 g/mol. The van der Waals surface area contributed by atoms with E-state index >= 15 is 0 Å². The normalized spacial score (nSPS) is 11.6. The van der Waals surface area contributed by atoms with Gasteiger partial charge in [0.2, 0.25) is 0 Å². The second-order valence-electron chi connectivity index (χ2n) is 10.8. The fourth-order valence-corrected chi connectivity index (χ4v) is 4.96. The van der Waals surface area contributed by atoms with Crippen LogP contribution in [0.4, 0.5) is 5.69 Å². The van der Waals surface area contributed by atoms with E-state index in [0.29, 0.717) is 41.7 Å². The number of esters is 1. The summed E-state index contributed by atoms with van der Waals surface area (Å²) in [6.45, 7) is 2.57. The van der Waals surface area contributed by atoms with Gasteiger partial charge in [-0.2, -0.15) is 0 Å². The Morgan fingerprint density at radius 3 is 1.87 bits per heavy atom. The molecule has 0 heterocycles. The first kappa shape index (κ1) is 33.2. The molecule has 242 valence electrons. The third-order valence-corrected chi connectivity index (χ3v) is 7.45. The summed E-state index contributed by atoms with van der Waals surface area (Å²) in [4.78, 5) is 39.1. The molecule has 47 heavy (non-hydrogen) atoms. The Kier molecular flexibility index (Phi) is 10.9. The van der Waals surface area contributed by atoms with Gasteiger partial charge in [-0.1, -0.05) is 60.1 Å². The Balaban J connectivity index is 1.32. The number of benzene rings is 5. The fraction of sp³-hybridized carbons (Fsp3) is 0.194. The van der Waals surface area contributed by atoms with Crippen LogP contribution in [-0.2, 0) is 4.79 Å². The van der Waals surface area contributed by atoms with Crippen LogP contribution in [0.3, 0.4) is 0 Å². The zero-order valence-corrected chi connectivity index (χ0v) is 26.5. The molecule has 5 rings (SSSR count). The number of nitrogens with two attached hydrogens (primary N) is 2. The number of hydrogen-bond donors (Lipinski definition) is 4.